The lowest BCUT2D eigenvalue weighted by Gasteiger charge is -2.21. The normalized spacial score (nSPS) is 17.6. The van der Waals surface area contributed by atoms with Crippen molar-refractivity contribution >= 4 is 10.0 Å². The van der Waals surface area contributed by atoms with Crippen molar-refractivity contribution in [3.63, 3.8) is 0 Å². The van der Waals surface area contributed by atoms with Gasteiger partial charge >= 0.3 is 0 Å². The SMILES string of the molecule is CCc1ccc(S(=O)(=O)N2CCCCCC2)cc1CNC. The number of sulfonamides is 1. The van der Waals surface area contributed by atoms with Gasteiger partial charge in [-0.15, -0.1) is 0 Å². The zero-order valence-electron chi connectivity index (χ0n) is 13.1. The molecule has 4 nitrogen and oxygen atoms in total. The molecule has 0 saturated carbocycles. The Morgan fingerprint density at radius 1 is 1.10 bits per heavy atom. The molecule has 118 valence electrons. The number of hydrogen-bond acceptors (Lipinski definition) is 3. The van der Waals surface area contributed by atoms with E-state index in [2.05, 4.69) is 12.2 Å². The smallest absolute Gasteiger partial charge is 0.243 e. The highest BCUT2D eigenvalue weighted by Gasteiger charge is 2.25. The van der Waals surface area contributed by atoms with Crippen LogP contribution in [0.2, 0.25) is 0 Å². The number of rotatable bonds is 5. The lowest BCUT2D eigenvalue weighted by molar-refractivity contribution is 0.423. The van der Waals surface area contributed by atoms with E-state index in [1.165, 1.54) is 5.56 Å². The predicted molar refractivity (Wildman–Crippen MR) is 85.8 cm³/mol. The molecule has 1 aliphatic rings. The van der Waals surface area contributed by atoms with Gasteiger partial charge in [0, 0.05) is 19.6 Å². The minimum absolute atomic E-state index is 0.437. The van der Waals surface area contributed by atoms with E-state index in [4.69, 9.17) is 0 Å². The lowest BCUT2D eigenvalue weighted by atomic mass is 10.1. The van der Waals surface area contributed by atoms with Gasteiger partial charge in [-0.25, -0.2) is 8.42 Å². The summed E-state index contributed by atoms with van der Waals surface area (Å²) in [4.78, 5) is 0.437. The molecular weight excluding hydrogens is 284 g/mol. The molecule has 0 bridgehead atoms. The molecule has 0 unspecified atom stereocenters. The maximum absolute atomic E-state index is 12.8. The van der Waals surface area contributed by atoms with Crippen LogP contribution in [0, 0.1) is 0 Å². The Bertz CT molecular complexity index is 562. The Balaban J connectivity index is 2.32. The predicted octanol–water partition coefficient (Wildman–Crippen LogP) is 2.53. The fourth-order valence-corrected chi connectivity index (χ4v) is 4.46. The van der Waals surface area contributed by atoms with E-state index in [9.17, 15) is 8.42 Å². The third-order valence-corrected chi connectivity index (χ3v) is 6.02. The average Bonchev–Trinajstić information content (AvgIpc) is 2.77. The van der Waals surface area contributed by atoms with Crippen molar-refractivity contribution in [3.05, 3.63) is 29.3 Å². The number of nitrogens with one attached hydrogen (secondary N) is 1. The van der Waals surface area contributed by atoms with E-state index in [0.717, 1.165) is 37.7 Å². The Morgan fingerprint density at radius 3 is 2.33 bits per heavy atom. The number of aryl methyl sites for hydroxylation is 1. The Labute approximate surface area is 128 Å². The zero-order valence-corrected chi connectivity index (χ0v) is 13.9. The van der Waals surface area contributed by atoms with Crippen LogP contribution in [0.4, 0.5) is 0 Å². The molecular formula is C16H26N2O2S. The summed E-state index contributed by atoms with van der Waals surface area (Å²) >= 11 is 0. The van der Waals surface area contributed by atoms with Crippen molar-refractivity contribution in [1.82, 2.24) is 9.62 Å². The van der Waals surface area contributed by atoms with Gasteiger partial charge in [0.1, 0.15) is 0 Å². The molecule has 21 heavy (non-hydrogen) atoms. The highest BCUT2D eigenvalue weighted by atomic mass is 32.2. The Hall–Kier alpha value is -0.910. The van der Waals surface area contributed by atoms with Gasteiger partial charge in [0.15, 0.2) is 0 Å². The quantitative estimate of drug-likeness (QED) is 0.909. The highest BCUT2D eigenvalue weighted by molar-refractivity contribution is 7.89. The van der Waals surface area contributed by atoms with Crippen LogP contribution in [-0.2, 0) is 23.0 Å². The first-order chi connectivity index (χ1) is 10.1. The third kappa shape index (κ3) is 3.84. The van der Waals surface area contributed by atoms with Crippen LogP contribution in [0.1, 0.15) is 43.7 Å². The molecule has 1 aliphatic heterocycles. The maximum atomic E-state index is 12.8. The van der Waals surface area contributed by atoms with Crippen LogP contribution in [0.15, 0.2) is 23.1 Å². The van der Waals surface area contributed by atoms with E-state index < -0.39 is 10.0 Å². The van der Waals surface area contributed by atoms with Crippen molar-refractivity contribution in [2.45, 2.75) is 50.5 Å². The summed E-state index contributed by atoms with van der Waals surface area (Å²) in [7, 11) is -1.46. The van der Waals surface area contributed by atoms with Gasteiger partial charge in [-0.05, 0) is 49.6 Å². The van der Waals surface area contributed by atoms with E-state index in [1.807, 2.05) is 19.2 Å². The van der Waals surface area contributed by atoms with Crippen molar-refractivity contribution < 1.29 is 8.42 Å². The van der Waals surface area contributed by atoms with Crippen LogP contribution in [0.25, 0.3) is 0 Å². The first-order valence-corrected chi connectivity index (χ1v) is 9.30. The van der Waals surface area contributed by atoms with Gasteiger partial charge in [-0.1, -0.05) is 25.8 Å². The van der Waals surface area contributed by atoms with Gasteiger partial charge in [0.05, 0.1) is 4.90 Å². The molecule has 0 aromatic heterocycles. The van der Waals surface area contributed by atoms with Gasteiger partial charge < -0.3 is 5.32 Å². The van der Waals surface area contributed by atoms with Gasteiger partial charge in [0.25, 0.3) is 0 Å². The largest absolute Gasteiger partial charge is 0.316 e. The molecule has 1 N–H and O–H groups in total. The number of hydrogen-bond donors (Lipinski definition) is 1. The summed E-state index contributed by atoms with van der Waals surface area (Å²) in [6, 6.07) is 5.56. The zero-order chi connectivity index (χ0) is 15.3. The molecule has 1 heterocycles. The summed E-state index contributed by atoms with van der Waals surface area (Å²) in [5.41, 5.74) is 2.29. The van der Waals surface area contributed by atoms with Crippen molar-refractivity contribution in [1.29, 1.82) is 0 Å². The minimum atomic E-state index is -3.35. The van der Waals surface area contributed by atoms with Crippen LogP contribution < -0.4 is 5.32 Å². The van der Waals surface area contributed by atoms with Crippen LogP contribution in [-0.4, -0.2) is 32.9 Å². The number of nitrogens with zero attached hydrogens (tertiary/aromatic N) is 1. The maximum Gasteiger partial charge on any atom is 0.243 e. The van der Waals surface area contributed by atoms with Gasteiger partial charge in [-0.3, -0.25) is 0 Å². The molecule has 0 amide bonds. The summed E-state index contributed by atoms with van der Waals surface area (Å²) in [5, 5.41) is 3.12. The molecule has 0 radical (unpaired) electrons. The topological polar surface area (TPSA) is 49.4 Å². The van der Waals surface area contributed by atoms with Crippen LogP contribution in [0.3, 0.4) is 0 Å². The lowest BCUT2D eigenvalue weighted by Crippen LogP contribution is -2.32. The molecule has 0 aliphatic carbocycles. The number of benzene rings is 1. The second-order valence-electron chi connectivity index (χ2n) is 5.63. The molecule has 1 aromatic rings. The third-order valence-electron chi connectivity index (χ3n) is 4.13. The highest BCUT2D eigenvalue weighted by Crippen LogP contribution is 2.23. The monoisotopic (exact) mass is 310 g/mol. The standard InChI is InChI=1S/C16H26N2O2S/c1-3-14-8-9-16(12-15(14)13-17-2)21(19,20)18-10-6-4-5-7-11-18/h8-9,12,17H,3-7,10-11,13H2,1-2H3. The molecule has 1 fully saturated rings. The van der Waals surface area contributed by atoms with Crippen molar-refractivity contribution in [2.24, 2.45) is 0 Å². The molecule has 2 rings (SSSR count). The first-order valence-electron chi connectivity index (χ1n) is 7.86. The second-order valence-corrected chi connectivity index (χ2v) is 7.57. The second kappa shape index (κ2) is 7.38. The molecule has 1 aromatic carbocycles. The molecule has 0 atom stereocenters. The summed E-state index contributed by atoms with van der Waals surface area (Å²) in [5.74, 6) is 0. The van der Waals surface area contributed by atoms with Crippen molar-refractivity contribution in [2.75, 3.05) is 20.1 Å². The molecule has 5 heteroatoms. The summed E-state index contributed by atoms with van der Waals surface area (Å²) in [6.45, 7) is 4.10. The first kappa shape index (κ1) is 16.5. The summed E-state index contributed by atoms with van der Waals surface area (Å²) in [6.07, 6.45) is 5.12. The van der Waals surface area contributed by atoms with Gasteiger partial charge in [-0.2, -0.15) is 4.31 Å². The van der Waals surface area contributed by atoms with E-state index in [0.29, 0.717) is 24.5 Å². The average molecular weight is 310 g/mol. The molecule has 0 spiro atoms. The Morgan fingerprint density at radius 2 is 1.76 bits per heavy atom. The fraction of sp³-hybridized carbons (Fsp3) is 0.625. The minimum Gasteiger partial charge on any atom is -0.316 e. The fourth-order valence-electron chi connectivity index (χ4n) is 2.89. The van der Waals surface area contributed by atoms with Crippen molar-refractivity contribution in [3.8, 4) is 0 Å². The van der Waals surface area contributed by atoms with E-state index in [1.54, 1.807) is 10.4 Å². The van der Waals surface area contributed by atoms with E-state index in [-0.39, 0.29) is 0 Å². The molecule has 1 saturated heterocycles. The summed E-state index contributed by atoms with van der Waals surface area (Å²) < 4.78 is 27.3. The van der Waals surface area contributed by atoms with E-state index >= 15 is 0 Å². The van der Waals surface area contributed by atoms with Crippen LogP contribution in [0.5, 0.6) is 0 Å². The van der Waals surface area contributed by atoms with Crippen LogP contribution >= 0.6 is 0 Å². The Kier molecular flexibility index (Phi) is 5.79. The van der Waals surface area contributed by atoms with Gasteiger partial charge in [0.2, 0.25) is 10.0 Å².